The number of thiazole rings is 1. The second-order valence-corrected chi connectivity index (χ2v) is 7.01. The van der Waals surface area contributed by atoms with Crippen LogP contribution in [0.4, 0.5) is 0 Å². The van der Waals surface area contributed by atoms with Crippen molar-refractivity contribution in [1.82, 2.24) is 14.8 Å². The fourth-order valence-electron chi connectivity index (χ4n) is 3.42. The summed E-state index contributed by atoms with van der Waals surface area (Å²) in [5, 5.41) is 3.30. The first-order chi connectivity index (χ1) is 9.26. The minimum absolute atomic E-state index is 0.334. The summed E-state index contributed by atoms with van der Waals surface area (Å²) >= 11 is 1.76. The minimum atomic E-state index is 0.334. The van der Waals surface area contributed by atoms with Crippen LogP contribution in [0.2, 0.25) is 0 Å². The molecular weight excluding hydrogens is 258 g/mol. The smallest absolute Gasteiger partial charge is 0.107 e. The molecule has 1 aromatic rings. The largest absolute Gasteiger partial charge is 0.379 e. The highest BCUT2D eigenvalue weighted by Crippen LogP contribution is 2.33. The lowest BCUT2D eigenvalue weighted by Crippen LogP contribution is -2.49. The van der Waals surface area contributed by atoms with Gasteiger partial charge in [-0.2, -0.15) is 0 Å². The number of likely N-dealkylation sites (tertiary alicyclic amines) is 1. The van der Waals surface area contributed by atoms with E-state index in [0.29, 0.717) is 5.41 Å². The molecule has 0 aromatic carbocycles. The Kier molecular flexibility index (Phi) is 4.17. The summed E-state index contributed by atoms with van der Waals surface area (Å²) in [6, 6.07) is 0. The summed E-state index contributed by atoms with van der Waals surface area (Å²) in [7, 11) is 2.22. The number of aromatic nitrogens is 1. The predicted molar refractivity (Wildman–Crippen MR) is 77.4 cm³/mol. The van der Waals surface area contributed by atoms with Crippen LogP contribution in [0, 0.1) is 5.41 Å². The van der Waals surface area contributed by atoms with Gasteiger partial charge in [0.15, 0.2) is 0 Å². The molecule has 1 spiro atoms. The van der Waals surface area contributed by atoms with Crippen molar-refractivity contribution in [2.75, 3.05) is 46.4 Å². The Hall–Kier alpha value is -0.490. The predicted octanol–water partition coefficient (Wildman–Crippen LogP) is 1.69. The maximum Gasteiger partial charge on any atom is 0.107 e. The highest BCUT2D eigenvalue weighted by Gasteiger charge is 2.38. The zero-order chi connectivity index (χ0) is 13.1. The van der Waals surface area contributed by atoms with Gasteiger partial charge < -0.3 is 9.64 Å². The lowest BCUT2D eigenvalue weighted by molar-refractivity contribution is 0.00448. The van der Waals surface area contributed by atoms with Gasteiger partial charge in [0.05, 0.1) is 19.8 Å². The van der Waals surface area contributed by atoms with E-state index in [1.165, 1.54) is 30.9 Å². The normalized spacial score (nSPS) is 30.6. The molecule has 0 bridgehead atoms. The van der Waals surface area contributed by atoms with E-state index in [0.717, 1.165) is 32.8 Å². The van der Waals surface area contributed by atoms with E-state index >= 15 is 0 Å². The van der Waals surface area contributed by atoms with Crippen molar-refractivity contribution in [3.63, 3.8) is 0 Å². The van der Waals surface area contributed by atoms with Crippen LogP contribution < -0.4 is 0 Å². The Morgan fingerprint density at radius 1 is 1.42 bits per heavy atom. The minimum Gasteiger partial charge on any atom is -0.379 e. The molecule has 2 fully saturated rings. The van der Waals surface area contributed by atoms with Crippen LogP contribution in [0.3, 0.4) is 0 Å². The number of nitrogens with zero attached hydrogens (tertiary/aromatic N) is 3. The summed E-state index contributed by atoms with van der Waals surface area (Å²) in [6.45, 7) is 7.39. The zero-order valence-electron chi connectivity index (χ0n) is 11.7. The van der Waals surface area contributed by atoms with Gasteiger partial charge in [-0.15, -0.1) is 11.3 Å². The molecule has 106 valence electrons. The first kappa shape index (κ1) is 13.5. The van der Waals surface area contributed by atoms with Gasteiger partial charge in [0.2, 0.25) is 0 Å². The van der Waals surface area contributed by atoms with Crippen molar-refractivity contribution < 1.29 is 4.74 Å². The maximum atomic E-state index is 5.86. The first-order valence-electron chi connectivity index (χ1n) is 7.13. The van der Waals surface area contributed by atoms with Crippen LogP contribution in [-0.2, 0) is 11.3 Å². The van der Waals surface area contributed by atoms with E-state index in [9.17, 15) is 0 Å². The van der Waals surface area contributed by atoms with Crippen LogP contribution in [-0.4, -0.2) is 61.2 Å². The van der Waals surface area contributed by atoms with Gasteiger partial charge in [-0.05, 0) is 26.4 Å². The van der Waals surface area contributed by atoms with E-state index in [4.69, 9.17) is 4.74 Å². The molecule has 4 nitrogen and oxygen atoms in total. The highest BCUT2D eigenvalue weighted by molar-refractivity contribution is 7.09. The van der Waals surface area contributed by atoms with Gasteiger partial charge in [-0.25, -0.2) is 4.98 Å². The van der Waals surface area contributed by atoms with Crippen molar-refractivity contribution in [2.24, 2.45) is 5.41 Å². The number of rotatable bonds is 2. The quantitative estimate of drug-likeness (QED) is 0.825. The van der Waals surface area contributed by atoms with Crippen LogP contribution in [0.5, 0.6) is 0 Å². The third-order valence-electron chi connectivity index (χ3n) is 4.21. The van der Waals surface area contributed by atoms with Gasteiger partial charge in [-0.1, -0.05) is 0 Å². The van der Waals surface area contributed by atoms with Crippen LogP contribution in [0.1, 0.15) is 17.8 Å². The Morgan fingerprint density at radius 2 is 2.37 bits per heavy atom. The van der Waals surface area contributed by atoms with Crippen molar-refractivity contribution in [1.29, 1.82) is 0 Å². The number of hydrogen-bond donors (Lipinski definition) is 0. The molecule has 2 saturated heterocycles. The van der Waals surface area contributed by atoms with E-state index in [1.807, 2.05) is 6.20 Å². The average Bonchev–Trinajstić information content (AvgIpc) is 2.81. The molecule has 0 saturated carbocycles. The van der Waals surface area contributed by atoms with E-state index in [-0.39, 0.29) is 0 Å². The molecule has 19 heavy (non-hydrogen) atoms. The second kappa shape index (κ2) is 5.87. The number of hydrogen-bond acceptors (Lipinski definition) is 5. The number of ether oxygens (including phenoxy) is 1. The van der Waals surface area contributed by atoms with Crippen LogP contribution >= 0.6 is 11.3 Å². The zero-order valence-corrected chi connectivity index (χ0v) is 12.5. The molecule has 1 aromatic heterocycles. The summed E-state index contributed by atoms with van der Waals surface area (Å²) in [5.74, 6) is 0. The standard InChI is InChI=1S/C14H23N3OS/c1-16-6-7-18-12-14(10-16)3-2-5-17(11-14)9-13-15-4-8-19-13/h4,8H,2-3,5-7,9-12H2,1H3. The van der Waals surface area contributed by atoms with E-state index < -0.39 is 0 Å². The second-order valence-electron chi connectivity index (χ2n) is 6.03. The Labute approximate surface area is 119 Å². The summed E-state index contributed by atoms with van der Waals surface area (Å²) in [4.78, 5) is 9.40. The number of piperidine rings is 1. The van der Waals surface area contributed by atoms with Gasteiger partial charge in [-0.3, -0.25) is 4.90 Å². The molecule has 1 atom stereocenters. The molecule has 0 N–H and O–H groups in total. The molecule has 3 heterocycles. The van der Waals surface area contributed by atoms with Gasteiger partial charge in [0.1, 0.15) is 5.01 Å². The maximum absolute atomic E-state index is 5.86. The SMILES string of the molecule is CN1CCOCC2(CCCN(Cc3nccs3)C2)C1. The molecule has 2 aliphatic rings. The average molecular weight is 281 g/mol. The van der Waals surface area contributed by atoms with Crippen LogP contribution in [0.15, 0.2) is 11.6 Å². The van der Waals surface area contributed by atoms with Crippen molar-refractivity contribution >= 4 is 11.3 Å². The topological polar surface area (TPSA) is 28.6 Å². The van der Waals surface area contributed by atoms with Gasteiger partial charge in [0.25, 0.3) is 0 Å². The number of likely N-dealkylation sites (N-methyl/N-ethyl adjacent to an activating group) is 1. The Bertz CT molecular complexity index is 397. The van der Waals surface area contributed by atoms with Crippen LogP contribution in [0.25, 0.3) is 0 Å². The van der Waals surface area contributed by atoms with E-state index in [1.54, 1.807) is 11.3 Å². The lowest BCUT2D eigenvalue weighted by atomic mass is 9.80. The van der Waals surface area contributed by atoms with E-state index in [2.05, 4.69) is 27.2 Å². The first-order valence-corrected chi connectivity index (χ1v) is 8.01. The Morgan fingerprint density at radius 3 is 3.21 bits per heavy atom. The molecule has 2 aliphatic heterocycles. The third-order valence-corrected chi connectivity index (χ3v) is 4.98. The third kappa shape index (κ3) is 3.34. The summed E-state index contributed by atoms with van der Waals surface area (Å²) in [5.41, 5.74) is 0.334. The monoisotopic (exact) mass is 281 g/mol. The summed E-state index contributed by atoms with van der Waals surface area (Å²) in [6.07, 6.45) is 4.48. The summed E-state index contributed by atoms with van der Waals surface area (Å²) < 4.78 is 5.86. The molecular formula is C14H23N3OS. The van der Waals surface area contributed by atoms with Gasteiger partial charge >= 0.3 is 0 Å². The van der Waals surface area contributed by atoms with Gasteiger partial charge in [0, 0.05) is 36.6 Å². The molecule has 0 radical (unpaired) electrons. The molecule has 0 aliphatic carbocycles. The molecule has 0 amide bonds. The van der Waals surface area contributed by atoms with Crippen molar-refractivity contribution in [3.8, 4) is 0 Å². The molecule has 3 rings (SSSR count). The van der Waals surface area contributed by atoms with Crippen molar-refractivity contribution in [2.45, 2.75) is 19.4 Å². The fourth-order valence-corrected chi connectivity index (χ4v) is 4.08. The highest BCUT2D eigenvalue weighted by atomic mass is 32.1. The van der Waals surface area contributed by atoms with Crippen molar-refractivity contribution in [3.05, 3.63) is 16.6 Å². The lowest BCUT2D eigenvalue weighted by Gasteiger charge is -2.43. The fraction of sp³-hybridized carbons (Fsp3) is 0.786. The molecule has 1 unspecified atom stereocenters. The molecule has 5 heteroatoms. The Balaban J connectivity index is 1.66.